The molecule has 34 heavy (non-hydrogen) atoms. The molecule has 4 aromatic rings. The van der Waals surface area contributed by atoms with Gasteiger partial charge in [0.05, 0.1) is 17.4 Å². The van der Waals surface area contributed by atoms with Crippen LogP contribution in [0.15, 0.2) is 55.0 Å². The predicted octanol–water partition coefficient (Wildman–Crippen LogP) is 4.46. The molecule has 3 aromatic heterocycles. The smallest absolute Gasteiger partial charge is 0.276 e. The number of nitrogens with one attached hydrogen (secondary N) is 2. The molecule has 4 heterocycles. The number of fused-ring (bicyclic) bond motifs is 1. The first-order valence-electron chi connectivity index (χ1n) is 11.5. The van der Waals surface area contributed by atoms with Crippen LogP contribution in [-0.2, 0) is 6.54 Å². The monoisotopic (exact) mass is 454 g/mol. The van der Waals surface area contributed by atoms with Gasteiger partial charge in [0.1, 0.15) is 5.69 Å². The van der Waals surface area contributed by atoms with Crippen LogP contribution in [0.1, 0.15) is 52.7 Å². The van der Waals surface area contributed by atoms with Gasteiger partial charge in [0.2, 0.25) is 0 Å². The molecule has 0 bridgehead atoms. The number of carbonyl (C=O) groups excluding carboxylic acids is 2. The highest BCUT2D eigenvalue weighted by atomic mass is 16.2. The van der Waals surface area contributed by atoms with Gasteiger partial charge in [-0.2, -0.15) is 5.10 Å². The highest BCUT2D eigenvalue weighted by Crippen LogP contribution is 2.26. The lowest BCUT2D eigenvalue weighted by Gasteiger charge is -2.26. The Balaban J connectivity index is 1.38. The van der Waals surface area contributed by atoms with Crippen molar-refractivity contribution in [3.8, 4) is 11.1 Å². The molecule has 5 rings (SSSR count). The fourth-order valence-electron chi connectivity index (χ4n) is 4.34. The van der Waals surface area contributed by atoms with Crippen LogP contribution in [0.5, 0.6) is 0 Å². The Morgan fingerprint density at radius 1 is 1.00 bits per heavy atom. The Labute approximate surface area is 197 Å². The van der Waals surface area contributed by atoms with Crippen molar-refractivity contribution in [3.05, 3.63) is 71.9 Å². The molecule has 0 radical (unpaired) electrons. The number of pyridine rings is 2. The molecule has 0 spiro atoms. The van der Waals surface area contributed by atoms with E-state index in [2.05, 4.69) is 36.4 Å². The van der Waals surface area contributed by atoms with Gasteiger partial charge < -0.3 is 5.32 Å². The molecule has 2 N–H and O–H groups in total. The zero-order chi connectivity index (χ0) is 23.5. The zero-order valence-corrected chi connectivity index (χ0v) is 19.0. The van der Waals surface area contributed by atoms with E-state index in [1.165, 1.54) is 37.9 Å². The number of carbonyl (C=O) groups is 2. The van der Waals surface area contributed by atoms with Gasteiger partial charge >= 0.3 is 0 Å². The van der Waals surface area contributed by atoms with Gasteiger partial charge in [0.15, 0.2) is 11.5 Å². The van der Waals surface area contributed by atoms with Crippen LogP contribution in [-0.4, -0.2) is 49.8 Å². The molecule has 1 aromatic carbocycles. The van der Waals surface area contributed by atoms with E-state index in [9.17, 15) is 9.59 Å². The maximum absolute atomic E-state index is 12.9. The molecule has 8 nitrogen and oxygen atoms in total. The fourth-order valence-corrected chi connectivity index (χ4v) is 4.34. The number of Topliss-reactive ketones (excluding diaryl/α,β-unsaturated/α-hetero) is 1. The molecule has 1 saturated heterocycles. The summed E-state index contributed by atoms with van der Waals surface area (Å²) in [4.78, 5) is 35.4. The lowest BCUT2D eigenvalue weighted by Crippen LogP contribution is -2.29. The number of benzene rings is 1. The topological polar surface area (TPSA) is 104 Å². The molecule has 172 valence electrons. The van der Waals surface area contributed by atoms with E-state index in [1.54, 1.807) is 12.1 Å². The summed E-state index contributed by atoms with van der Waals surface area (Å²) in [5.41, 5.74) is 5.09. The summed E-state index contributed by atoms with van der Waals surface area (Å²) in [6.07, 6.45) is 9.07. The summed E-state index contributed by atoms with van der Waals surface area (Å²) in [5.74, 6) is -0.476. The number of nitrogens with zero attached hydrogens (tertiary/aromatic N) is 4. The number of aromatic nitrogens is 4. The van der Waals surface area contributed by atoms with E-state index in [4.69, 9.17) is 0 Å². The van der Waals surface area contributed by atoms with Gasteiger partial charge in [-0.3, -0.25) is 29.6 Å². The van der Waals surface area contributed by atoms with Crippen molar-refractivity contribution in [2.24, 2.45) is 0 Å². The van der Waals surface area contributed by atoms with Crippen molar-refractivity contribution in [2.45, 2.75) is 32.7 Å². The molecule has 1 fully saturated rings. The highest BCUT2D eigenvalue weighted by molar-refractivity contribution is 6.11. The number of anilines is 1. The summed E-state index contributed by atoms with van der Waals surface area (Å²) in [6.45, 7) is 4.62. The van der Waals surface area contributed by atoms with Crippen molar-refractivity contribution in [2.75, 3.05) is 18.4 Å². The van der Waals surface area contributed by atoms with Gasteiger partial charge in [-0.1, -0.05) is 12.5 Å². The summed E-state index contributed by atoms with van der Waals surface area (Å²) in [7, 11) is 0. The molecule has 0 saturated carbocycles. The van der Waals surface area contributed by atoms with Gasteiger partial charge in [0, 0.05) is 36.8 Å². The van der Waals surface area contributed by atoms with Crippen LogP contribution in [0, 0.1) is 0 Å². The van der Waals surface area contributed by atoms with Crippen molar-refractivity contribution in [1.29, 1.82) is 0 Å². The lowest BCUT2D eigenvalue weighted by molar-refractivity contribution is 0.101. The third-order valence-electron chi connectivity index (χ3n) is 6.14. The Morgan fingerprint density at radius 2 is 1.85 bits per heavy atom. The minimum Gasteiger partial charge on any atom is -0.319 e. The van der Waals surface area contributed by atoms with Crippen LogP contribution in [0.4, 0.5) is 5.69 Å². The first kappa shape index (κ1) is 21.9. The summed E-state index contributed by atoms with van der Waals surface area (Å²) < 4.78 is 0. The third kappa shape index (κ3) is 4.72. The normalized spacial score (nSPS) is 14.3. The summed E-state index contributed by atoms with van der Waals surface area (Å²) in [5, 5.41) is 10.7. The van der Waals surface area contributed by atoms with Gasteiger partial charge in [0.25, 0.3) is 5.91 Å². The number of rotatable bonds is 6. The standard InChI is InChI=1S/C26H26N6O2/c1-17(33)23-8-6-21(15-28-23)29-26(34)25-22-12-19(5-7-24(22)30-31-25)20-11-18(13-27-14-20)16-32-9-3-2-4-10-32/h5-8,11-15H,2-4,9-10,16H2,1H3,(H,29,34)(H,30,31). The maximum Gasteiger partial charge on any atom is 0.276 e. The van der Waals surface area contributed by atoms with Gasteiger partial charge in [-0.15, -0.1) is 0 Å². The molecule has 0 atom stereocenters. The number of amides is 1. The largest absolute Gasteiger partial charge is 0.319 e. The molecule has 8 heteroatoms. The molecular formula is C26H26N6O2. The van der Waals surface area contributed by atoms with Crippen LogP contribution in [0.25, 0.3) is 22.0 Å². The number of aromatic amines is 1. The molecular weight excluding hydrogens is 428 g/mol. The average molecular weight is 455 g/mol. The predicted molar refractivity (Wildman–Crippen MR) is 131 cm³/mol. The second-order valence-corrected chi connectivity index (χ2v) is 8.69. The molecule has 1 amide bonds. The second kappa shape index (κ2) is 9.52. The third-order valence-corrected chi connectivity index (χ3v) is 6.14. The Kier molecular flexibility index (Phi) is 6.14. The minimum atomic E-state index is -0.349. The number of hydrogen-bond acceptors (Lipinski definition) is 6. The molecule has 0 unspecified atom stereocenters. The van der Waals surface area contributed by atoms with E-state index in [0.717, 1.165) is 41.7 Å². The van der Waals surface area contributed by atoms with Crippen molar-refractivity contribution >= 4 is 28.3 Å². The molecule has 0 aliphatic carbocycles. The van der Waals surface area contributed by atoms with Crippen LogP contribution in [0.2, 0.25) is 0 Å². The van der Waals surface area contributed by atoms with Crippen LogP contribution >= 0.6 is 0 Å². The van der Waals surface area contributed by atoms with Crippen molar-refractivity contribution in [1.82, 2.24) is 25.1 Å². The average Bonchev–Trinajstić information content (AvgIpc) is 3.29. The van der Waals surface area contributed by atoms with Gasteiger partial charge in [-0.05, 0) is 67.4 Å². The first-order chi connectivity index (χ1) is 16.6. The first-order valence-corrected chi connectivity index (χ1v) is 11.5. The Morgan fingerprint density at radius 3 is 2.62 bits per heavy atom. The number of H-pyrrole nitrogens is 1. The van der Waals surface area contributed by atoms with E-state index in [-0.39, 0.29) is 11.7 Å². The van der Waals surface area contributed by atoms with E-state index in [1.807, 2.05) is 30.6 Å². The van der Waals surface area contributed by atoms with Gasteiger partial charge in [-0.25, -0.2) is 0 Å². The number of ketones is 1. The van der Waals surface area contributed by atoms with Crippen molar-refractivity contribution in [3.63, 3.8) is 0 Å². The number of piperidine rings is 1. The summed E-state index contributed by atoms with van der Waals surface area (Å²) >= 11 is 0. The summed E-state index contributed by atoms with van der Waals surface area (Å²) in [6, 6.07) is 11.3. The van der Waals surface area contributed by atoms with E-state index < -0.39 is 0 Å². The van der Waals surface area contributed by atoms with Crippen LogP contribution in [0.3, 0.4) is 0 Å². The quantitative estimate of drug-likeness (QED) is 0.417. The zero-order valence-electron chi connectivity index (χ0n) is 19.0. The highest BCUT2D eigenvalue weighted by Gasteiger charge is 2.16. The molecule has 1 aliphatic rings. The fraction of sp³-hybridized carbons (Fsp3) is 0.269. The SMILES string of the molecule is CC(=O)c1ccc(NC(=O)c2n[nH]c3ccc(-c4cncc(CN5CCCCC5)c4)cc23)cn1. The molecule has 1 aliphatic heterocycles. The van der Waals surface area contributed by atoms with E-state index in [0.29, 0.717) is 17.1 Å². The Bertz CT molecular complexity index is 1340. The Hall–Kier alpha value is -3.91. The second-order valence-electron chi connectivity index (χ2n) is 8.69. The number of hydrogen-bond donors (Lipinski definition) is 2. The number of likely N-dealkylation sites (tertiary alicyclic amines) is 1. The maximum atomic E-state index is 12.9. The minimum absolute atomic E-state index is 0.127. The van der Waals surface area contributed by atoms with Crippen LogP contribution < -0.4 is 5.32 Å². The van der Waals surface area contributed by atoms with Crippen molar-refractivity contribution < 1.29 is 9.59 Å². The lowest BCUT2D eigenvalue weighted by atomic mass is 10.0. The van der Waals surface area contributed by atoms with E-state index >= 15 is 0 Å².